The molecule has 0 unspecified atom stereocenters. The lowest BCUT2D eigenvalue weighted by molar-refractivity contribution is -0.149. The molecule has 0 saturated heterocycles. The van der Waals surface area contributed by atoms with Crippen molar-refractivity contribution in [3.05, 3.63) is 58.1 Å². The highest BCUT2D eigenvalue weighted by molar-refractivity contribution is 6.32. The molecule has 0 aliphatic rings. The van der Waals surface area contributed by atoms with E-state index in [1.807, 2.05) is 45.0 Å². The van der Waals surface area contributed by atoms with Gasteiger partial charge in [0, 0.05) is 5.69 Å². The fourth-order valence-corrected chi connectivity index (χ4v) is 2.36. The normalized spacial score (nSPS) is 10.2. The number of ether oxygens (including phenoxy) is 2. The zero-order valence-corrected chi connectivity index (χ0v) is 15.1. The number of benzene rings is 2. The zero-order valence-electron chi connectivity index (χ0n) is 14.4. The number of carbonyl (C=O) groups is 2. The second-order valence-corrected chi connectivity index (χ2v) is 6.16. The van der Waals surface area contributed by atoms with Crippen LogP contribution in [0.5, 0.6) is 5.75 Å². The Labute approximate surface area is 151 Å². The fraction of sp³-hybridized carbons (Fsp3) is 0.263. The Morgan fingerprint density at radius 2 is 1.68 bits per heavy atom. The molecule has 25 heavy (non-hydrogen) atoms. The van der Waals surface area contributed by atoms with E-state index in [4.69, 9.17) is 21.1 Å². The van der Waals surface area contributed by atoms with E-state index in [9.17, 15) is 9.59 Å². The van der Waals surface area contributed by atoms with Crippen LogP contribution in [0.3, 0.4) is 0 Å². The number of carbonyl (C=O) groups excluding carboxylic acids is 2. The Bertz CT molecular complexity index is 789. The largest absolute Gasteiger partial charge is 0.480 e. The van der Waals surface area contributed by atoms with Gasteiger partial charge in [0.2, 0.25) is 0 Å². The van der Waals surface area contributed by atoms with Crippen molar-refractivity contribution in [3.8, 4) is 5.75 Å². The number of nitrogens with one attached hydrogen (secondary N) is 1. The van der Waals surface area contributed by atoms with Gasteiger partial charge in [0.1, 0.15) is 5.75 Å². The second-order valence-electron chi connectivity index (χ2n) is 5.75. The van der Waals surface area contributed by atoms with Crippen LogP contribution in [0.15, 0.2) is 36.4 Å². The van der Waals surface area contributed by atoms with E-state index in [-0.39, 0.29) is 13.2 Å². The predicted molar refractivity (Wildman–Crippen MR) is 97.2 cm³/mol. The van der Waals surface area contributed by atoms with Gasteiger partial charge < -0.3 is 14.8 Å². The third-order valence-electron chi connectivity index (χ3n) is 3.45. The molecule has 1 amide bonds. The molecule has 0 heterocycles. The quantitative estimate of drug-likeness (QED) is 0.794. The first kappa shape index (κ1) is 18.8. The summed E-state index contributed by atoms with van der Waals surface area (Å²) in [5.41, 5.74) is 3.70. The lowest BCUT2D eigenvalue weighted by atomic mass is 10.1. The van der Waals surface area contributed by atoms with Crippen molar-refractivity contribution in [1.29, 1.82) is 0 Å². The van der Waals surface area contributed by atoms with Crippen molar-refractivity contribution in [3.63, 3.8) is 0 Å². The second kappa shape index (κ2) is 8.53. The summed E-state index contributed by atoms with van der Waals surface area (Å²) < 4.78 is 10.2. The van der Waals surface area contributed by atoms with Gasteiger partial charge in [-0.15, -0.1) is 0 Å². The Hall–Kier alpha value is -2.53. The molecule has 5 nitrogen and oxygen atoms in total. The molecule has 0 saturated carbocycles. The van der Waals surface area contributed by atoms with Crippen molar-refractivity contribution in [1.82, 2.24) is 0 Å². The molecule has 0 aromatic heterocycles. The third-order valence-corrected chi connectivity index (χ3v) is 3.76. The average Bonchev–Trinajstić information content (AvgIpc) is 2.56. The van der Waals surface area contributed by atoms with Crippen LogP contribution in [-0.4, -0.2) is 25.1 Å². The zero-order chi connectivity index (χ0) is 18.4. The molecule has 6 heteroatoms. The molecule has 1 N–H and O–H groups in total. The molecule has 132 valence electrons. The molecule has 2 aromatic rings. The maximum atomic E-state index is 11.9. The number of hydrogen-bond donors (Lipinski definition) is 1. The Balaban J connectivity index is 1.79. The van der Waals surface area contributed by atoms with Crippen LogP contribution in [0.1, 0.15) is 16.7 Å². The minimum Gasteiger partial charge on any atom is -0.480 e. The van der Waals surface area contributed by atoms with Crippen LogP contribution < -0.4 is 10.1 Å². The number of anilines is 1. The van der Waals surface area contributed by atoms with E-state index in [0.717, 1.165) is 16.7 Å². The standard InChI is InChI=1S/C19H20ClNO4/c1-12-5-7-16(14(3)8-12)21-18(22)10-25-19(23)11-24-17-9-13(2)4-6-15(17)20/h4-9H,10-11H2,1-3H3,(H,21,22). The molecule has 0 spiro atoms. The summed E-state index contributed by atoms with van der Waals surface area (Å²) in [5.74, 6) is -0.652. The minimum atomic E-state index is -0.645. The molecule has 0 radical (unpaired) electrons. The van der Waals surface area contributed by atoms with E-state index in [2.05, 4.69) is 5.32 Å². The molecule has 0 fully saturated rings. The predicted octanol–water partition coefficient (Wildman–Crippen LogP) is 3.83. The van der Waals surface area contributed by atoms with E-state index in [1.54, 1.807) is 12.1 Å². The first-order valence-electron chi connectivity index (χ1n) is 7.77. The highest BCUT2D eigenvalue weighted by Gasteiger charge is 2.11. The van der Waals surface area contributed by atoms with Crippen molar-refractivity contribution >= 4 is 29.2 Å². The molecule has 2 aromatic carbocycles. The monoisotopic (exact) mass is 361 g/mol. The highest BCUT2D eigenvalue weighted by atomic mass is 35.5. The van der Waals surface area contributed by atoms with Gasteiger partial charge in [0.15, 0.2) is 13.2 Å². The third kappa shape index (κ3) is 5.80. The Kier molecular flexibility index (Phi) is 6.42. The van der Waals surface area contributed by atoms with Gasteiger partial charge in [-0.25, -0.2) is 4.79 Å². The van der Waals surface area contributed by atoms with Crippen LogP contribution in [0.4, 0.5) is 5.69 Å². The topological polar surface area (TPSA) is 64.6 Å². The summed E-state index contributed by atoms with van der Waals surface area (Å²) in [6, 6.07) is 10.9. The van der Waals surface area contributed by atoms with Crippen LogP contribution in [0, 0.1) is 20.8 Å². The number of esters is 1. The van der Waals surface area contributed by atoms with Crippen LogP contribution >= 0.6 is 11.6 Å². The van der Waals surface area contributed by atoms with Crippen molar-refractivity contribution in [2.24, 2.45) is 0 Å². The lowest BCUT2D eigenvalue weighted by Gasteiger charge is -2.10. The van der Waals surface area contributed by atoms with Crippen LogP contribution in [-0.2, 0) is 14.3 Å². The molecule has 0 atom stereocenters. The lowest BCUT2D eigenvalue weighted by Crippen LogP contribution is -2.24. The van der Waals surface area contributed by atoms with Gasteiger partial charge in [-0.3, -0.25) is 4.79 Å². The SMILES string of the molecule is Cc1ccc(NC(=O)COC(=O)COc2cc(C)ccc2Cl)c(C)c1. The highest BCUT2D eigenvalue weighted by Crippen LogP contribution is 2.25. The summed E-state index contributed by atoms with van der Waals surface area (Å²) in [6.07, 6.45) is 0. The summed E-state index contributed by atoms with van der Waals surface area (Å²) >= 11 is 5.98. The molecular weight excluding hydrogens is 342 g/mol. The van der Waals surface area contributed by atoms with Gasteiger partial charge in [0.25, 0.3) is 5.91 Å². The number of hydrogen-bond acceptors (Lipinski definition) is 4. The molecule has 0 aliphatic heterocycles. The van der Waals surface area contributed by atoms with Crippen molar-refractivity contribution in [2.75, 3.05) is 18.5 Å². The maximum absolute atomic E-state index is 11.9. The first-order chi connectivity index (χ1) is 11.8. The van der Waals surface area contributed by atoms with E-state index < -0.39 is 11.9 Å². The Morgan fingerprint density at radius 3 is 2.40 bits per heavy atom. The average molecular weight is 362 g/mol. The maximum Gasteiger partial charge on any atom is 0.344 e. The Morgan fingerprint density at radius 1 is 1.00 bits per heavy atom. The number of amides is 1. The molecule has 2 rings (SSSR count). The fourth-order valence-electron chi connectivity index (χ4n) is 2.19. The van der Waals surface area contributed by atoms with E-state index >= 15 is 0 Å². The van der Waals surface area contributed by atoms with Gasteiger partial charge in [-0.1, -0.05) is 35.4 Å². The first-order valence-corrected chi connectivity index (χ1v) is 8.14. The van der Waals surface area contributed by atoms with Crippen LogP contribution in [0.2, 0.25) is 5.02 Å². The number of aryl methyl sites for hydroxylation is 3. The van der Waals surface area contributed by atoms with Crippen molar-refractivity contribution in [2.45, 2.75) is 20.8 Å². The summed E-state index contributed by atoms with van der Waals surface area (Å²) in [7, 11) is 0. The molecule has 0 bridgehead atoms. The minimum absolute atomic E-state index is 0.319. The molecular formula is C19H20ClNO4. The van der Waals surface area contributed by atoms with Crippen LogP contribution in [0.25, 0.3) is 0 Å². The van der Waals surface area contributed by atoms with Gasteiger partial charge in [-0.05, 0) is 50.1 Å². The van der Waals surface area contributed by atoms with Gasteiger partial charge in [0.05, 0.1) is 5.02 Å². The van der Waals surface area contributed by atoms with E-state index in [1.165, 1.54) is 0 Å². The van der Waals surface area contributed by atoms with Gasteiger partial charge >= 0.3 is 5.97 Å². The smallest absolute Gasteiger partial charge is 0.344 e. The molecule has 0 aliphatic carbocycles. The van der Waals surface area contributed by atoms with Gasteiger partial charge in [-0.2, -0.15) is 0 Å². The summed E-state index contributed by atoms with van der Waals surface area (Å²) in [6.45, 7) is 5.06. The number of rotatable bonds is 6. The van der Waals surface area contributed by atoms with Crippen molar-refractivity contribution < 1.29 is 19.1 Å². The number of halogens is 1. The van der Waals surface area contributed by atoms with E-state index in [0.29, 0.717) is 16.5 Å². The summed E-state index contributed by atoms with van der Waals surface area (Å²) in [4.78, 5) is 23.6. The summed E-state index contributed by atoms with van der Waals surface area (Å²) in [5, 5.41) is 3.11.